The number of aromatic nitrogens is 2. The maximum absolute atomic E-state index is 11.0. The largest absolute Gasteiger partial charge is 0.478 e. The molecule has 2 rings (SSSR count). The molecule has 6 nitrogen and oxygen atoms in total. The molecule has 110 valence electrons. The van der Waals surface area contributed by atoms with Gasteiger partial charge in [0.15, 0.2) is 0 Å². The maximum Gasteiger partial charge on any atom is 0.339 e. The summed E-state index contributed by atoms with van der Waals surface area (Å²) >= 11 is 0. The highest BCUT2D eigenvalue weighted by Crippen LogP contribution is 2.19. The van der Waals surface area contributed by atoms with Crippen molar-refractivity contribution in [2.75, 3.05) is 31.6 Å². The van der Waals surface area contributed by atoms with Gasteiger partial charge in [-0.3, -0.25) is 0 Å². The maximum atomic E-state index is 11.0. The second kappa shape index (κ2) is 6.17. The van der Waals surface area contributed by atoms with Crippen LogP contribution in [0.5, 0.6) is 0 Å². The second-order valence-corrected chi connectivity index (χ2v) is 5.35. The SMILES string of the molecule is CCC1CN(C)CCCN1c1ncc(C(=O)O)c(C)n1. The standard InChI is InChI=1S/C14H22N4O2/c1-4-11-9-17(3)6-5-7-18(11)14-15-8-12(13(19)20)10(2)16-14/h8,11H,4-7,9H2,1-3H3,(H,19,20). The van der Waals surface area contributed by atoms with Gasteiger partial charge < -0.3 is 14.9 Å². The Bertz CT molecular complexity index is 492. The molecule has 0 spiro atoms. The van der Waals surface area contributed by atoms with E-state index < -0.39 is 5.97 Å². The third kappa shape index (κ3) is 3.07. The van der Waals surface area contributed by atoms with Crippen molar-refractivity contribution in [1.29, 1.82) is 0 Å². The van der Waals surface area contributed by atoms with Crippen LogP contribution in [-0.4, -0.2) is 58.7 Å². The van der Waals surface area contributed by atoms with Crippen LogP contribution in [0.25, 0.3) is 0 Å². The van der Waals surface area contributed by atoms with E-state index in [1.807, 2.05) is 0 Å². The lowest BCUT2D eigenvalue weighted by Crippen LogP contribution is -2.40. The zero-order valence-electron chi connectivity index (χ0n) is 12.3. The van der Waals surface area contributed by atoms with Gasteiger partial charge in [-0.1, -0.05) is 6.92 Å². The summed E-state index contributed by atoms with van der Waals surface area (Å²) in [5.41, 5.74) is 0.698. The smallest absolute Gasteiger partial charge is 0.339 e. The summed E-state index contributed by atoms with van der Waals surface area (Å²) in [6, 6.07) is 0.373. The fraction of sp³-hybridized carbons (Fsp3) is 0.643. The van der Waals surface area contributed by atoms with Gasteiger partial charge in [0.05, 0.1) is 11.3 Å². The molecule has 0 radical (unpaired) electrons. The molecule has 6 heteroatoms. The normalized spacial score (nSPS) is 20.8. The first kappa shape index (κ1) is 14.7. The van der Waals surface area contributed by atoms with Crippen molar-refractivity contribution in [3.05, 3.63) is 17.5 Å². The Balaban J connectivity index is 2.28. The number of hydrogen-bond donors (Lipinski definition) is 1. The molecular formula is C14H22N4O2. The molecule has 2 heterocycles. The molecule has 0 aromatic carbocycles. The Morgan fingerprint density at radius 3 is 2.85 bits per heavy atom. The van der Waals surface area contributed by atoms with Gasteiger partial charge in [-0.15, -0.1) is 0 Å². The topological polar surface area (TPSA) is 69.6 Å². The van der Waals surface area contributed by atoms with Gasteiger partial charge in [-0.2, -0.15) is 0 Å². The monoisotopic (exact) mass is 278 g/mol. The molecule has 1 aliphatic heterocycles. The first-order valence-corrected chi connectivity index (χ1v) is 7.05. The zero-order valence-corrected chi connectivity index (χ0v) is 12.3. The number of carboxylic acids is 1. The van der Waals surface area contributed by atoms with Crippen molar-refractivity contribution >= 4 is 11.9 Å². The van der Waals surface area contributed by atoms with Crippen LogP contribution in [0.2, 0.25) is 0 Å². The first-order chi connectivity index (χ1) is 9.52. The minimum absolute atomic E-state index is 0.175. The fourth-order valence-electron chi connectivity index (χ4n) is 2.66. The molecule has 1 saturated heterocycles. The van der Waals surface area contributed by atoms with E-state index in [1.54, 1.807) is 6.92 Å². The Kier molecular flexibility index (Phi) is 4.54. The van der Waals surface area contributed by atoms with Crippen LogP contribution in [-0.2, 0) is 0 Å². The van der Waals surface area contributed by atoms with E-state index in [2.05, 4.69) is 33.7 Å². The summed E-state index contributed by atoms with van der Waals surface area (Å²) in [6.07, 6.45) is 3.50. The van der Waals surface area contributed by atoms with Gasteiger partial charge in [0.1, 0.15) is 0 Å². The summed E-state index contributed by atoms with van der Waals surface area (Å²) in [7, 11) is 2.13. The third-order valence-electron chi connectivity index (χ3n) is 3.83. The van der Waals surface area contributed by atoms with Gasteiger partial charge in [-0.05, 0) is 33.4 Å². The molecule has 1 unspecified atom stereocenters. The molecule has 1 fully saturated rings. The van der Waals surface area contributed by atoms with E-state index in [0.29, 0.717) is 17.7 Å². The van der Waals surface area contributed by atoms with Crippen LogP contribution in [0.4, 0.5) is 5.95 Å². The number of rotatable bonds is 3. The third-order valence-corrected chi connectivity index (χ3v) is 3.83. The number of likely N-dealkylation sites (N-methyl/N-ethyl adjacent to an activating group) is 1. The van der Waals surface area contributed by atoms with E-state index in [1.165, 1.54) is 6.20 Å². The first-order valence-electron chi connectivity index (χ1n) is 7.05. The van der Waals surface area contributed by atoms with Crippen LogP contribution in [0, 0.1) is 6.92 Å². The predicted octanol–water partition coefficient (Wildman–Crippen LogP) is 1.40. The lowest BCUT2D eigenvalue weighted by atomic mass is 10.2. The highest BCUT2D eigenvalue weighted by molar-refractivity contribution is 5.88. The lowest BCUT2D eigenvalue weighted by molar-refractivity contribution is 0.0695. The second-order valence-electron chi connectivity index (χ2n) is 5.35. The van der Waals surface area contributed by atoms with Gasteiger partial charge in [0.25, 0.3) is 0 Å². The summed E-state index contributed by atoms with van der Waals surface area (Å²) in [5, 5.41) is 9.04. The highest BCUT2D eigenvalue weighted by Gasteiger charge is 2.24. The molecule has 1 aliphatic rings. The van der Waals surface area contributed by atoms with Crippen molar-refractivity contribution < 1.29 is 9.90 Å². The minimum atomic E-state index is -0.975. The van der Waals surface area contributed by atoms with Crippen molar-refractivity contribution in [3.63, 3.8) is 0 Å². The van der Waals surface area contributed by atoms with Crippen LogP contribution >= 0.6 is 0 Å². The average Bonchev–Trinajstić information content (AvgIpc) is 2.59. The molecule has 0 bridgehead atoms. The van der Waals surface area contributed by atoms with E-state index >= 15 is 0 Å². The summed E-state index contributed by atoms with van der Waals surface area (Å²) in [5.74, 6) is -0.327. The Labute approximate surface area is 119 Å². The Morgan fingerprint density at radius 1 is 1.50 bits per heavy atom. The van der Waals surface area contributed by atoms with Crippen LogP contribution in [0.15, 0.2) is 6.20 Å². The van der Waals surface area contributed by atoms with Crippen molar-refractivity contribution in [2.45, 2.75) is 32.7 Å². The van der Waals surface area contributed by atoms with Crippen molar-refractivity contribution in [2.24, 2.45) is 0 Å². The molecule has 20 heavy (non-hydrogen) atoms. The summed E-state index contributed by atoms with van der Waals surface area (Å²) in [6.45, 7) is 6.85. The number of carbonyl (C=O) groups is 1. The van der Waals surface area contributed by atoms with Gasteiger partial charge in [-0.25, -0.2) is 14.8 Å². The van der Waals surface area contributed by atoms with E-state index in [-0.39, 0.29) is 5.56 Å². The minimum Gasteiger partial charge on any atom is -0.478 e. The highest BCUT2D eigenvalue weighted by atomic mass is 16.4. The molecular weight excluding hydrogens is 256 g/mol. The molecule has 0 saturated carbocycles. The molecule has 1 atom stereocenters. The number of carboxylic acid groups (broad SMARTS) is 1. The molecule has 1 N–H and O–H groups in total. The van der Waals surface area contributed by atoms with Gasteiger partial charge in [0, 0.05) is 25.3 Å². The van der Waals surface area contributed by atoms with Gasteiger partial charge in [0.2, 0.25) is 5.95 Å². The predicted molar refractivity (Wildman–Crippen MR) is 77.3 cm³/mol. The Hall–Kier alpha value is -1.69. The molecule has 0 amide bonds. The quantitative estimate of drug-likeness (QED) is 0.901. The number of anilines is 1. The molecule has 1 aromatic rings. The zero-order chi connectivity index (χ0) is 14.7. The number of hydrogen-bond acceptors (Lipinski definition) is 5. The lowest BCUT2D eigenvalue weighted by Gasteiger charge is -2.30. The van der Waals surface area contributed by atoms with Crippen LogP contribution in [0.1, 0.15) is 35.8 Å². The summed E-state index contributed by atoms with van der Waals surface area (Å²) in [4.78, 5) is 24.2. The number of nitrogens with zero attached hydrogens (tertiary/aromatic N) is 4. The Morgan fingerprint density at radius 2 is 2.25 bits per heavy atom. The summed E-state index contributed by atoms with van der Waals surface area (Å²) < 4.78 is 0. The van der Waals surface area contributed by atoms with Gasteiger partial charge >= 0.3 is 5.97 Å². The number of aryl methyl sites for hydroxylation is 1. The molecule has 0 aliphatic carbocycles. The molecule has 1 aromatic heterocycles. The number of aromatic carboxylic acids is 1. The van der Waals surface area contributed by atoms with E-state index in [0.717, 1.165) is 32.5 Å². The van der Waals surface area contributed by atoms with E-state index in [4.69, 9.17) is 5.11 Å². The average molecular weight is 278 g/mol. The van der Waals surface area contributed by atoms with Crippen molar-refractivity contribution in [3.8, 4) is 0 Å². The van der Waals surface area contributed by atoms with Crippen molar-refractivity contribution in [1.82, 2.24) is 14.9 Å². The van der Waals surface area contributed by atoms with Crippen LogP contribution < -0.4 is 4.90 Å². The van der Waals surface area contributed by atoms with E-state index in [9.17, 15) is 4.79 Å². The van der Waals surface area contributed by atoms with Crippen LogP contribution in [0.3, 0.4) is 0 Å². The fourth-order valence-corrected chi connectivity index (χ4v) is 2.66.